The summed E-state index contributed by atoms with van der Waals surface area (Å²) < 4.78 is 19.7. The number of fused-ring (bicyclic) bond motifs is 1. The van der Waals surface area contributed by atoms with Crippen molar-refractivity contribution in [3.8, 4) is 5.75 Å². The molecule has 20 heavy (non-hydrogen) atoms. The fourth-order valence-corrected chi connectivity index (χ4v) is 3.46. The zero-order valence-electron chi connectivity index (χ0n) is 11.1. The van der Waals surface area contributed by atoms with Crippen molar-refractivity contribution < 1.29 is 9.13 Å². The lowest BCUT2D eigenvalue weighted by Crippen LogP contribution is -2.10. The molecule has 0 fully saturated rings. The monoisotopic (exact) mass is 334 g/mol. The van der Waals surface area contributed by atoms with Crippen LogP contribution in [0.15, 0.2) is 48.5 Å². The molecule has 3 rings (SSSR count). The third-order valence-corrected chi connectivity index (χ3v) is 4.68. The first-order valence-electron chi connectivity index (χ1n) is 6.81. The molecule has 0 aliphatic carbocycles. The molecule has 2 aromatic rings. The fourth-order valence-electron chi connectivity index (χ4n) is 2.85. The molecule has 0 radical (unpaired) electrons. The van der Waals surface area contributed by atoms with Crippen LogP contribution in [0.1, 0.15) is 29.4 Å². The van der Waals surface area contributed by atoms with E-state index in [1.807, 2.05) is 30.3 Å². The Morgan fingerprint density at radius 3 is 2.70 bits per heavy atom. The first-order chi connectivity index (χ1) is 9.79. The van der Waals surface area contributed by atoms with Crippen LogP contribution >= 0.6 is 15.9 Å². The average molecular weight is 335 g/mol. The topological polar surface area (TPSA) is 9.23 Å². The first-order valence-corrected chi connectivity index (χ1v) is 7.94. The Hall–Kier alpha value is -1.35. The van der Waals surface area contributed by atoms with E-state index in [0.29, 0.717) is 12.5 Å². The third-order valence-electron chi connectivity index (χ3n) is 3.90. The maximum absolute atomic E-state index is 13.9. The molecule has 2 atom stereocenters. The van der Waals surface area contributed by atoms with E-state index in [9.17, 15) is 4.39 Å². The molecule has 2 unspecified atom stereocenters. The number of hydrogen-bond donors (Lipinski definition) is 0. The van der Waals surface area contributed by atoms with Crippen molar-refractivity contribution in [2.45, 2.75) is 18.3 Å². The van der Waals surface area contributed by atoms with Crippen LogP contribution in [-0.4, -0.2) is 11.9 Å². The Kier molecular flexibility index (Phi) is 4.06. The third kappa shape index (κ3) is 2.59. The van der Waals surface area contributed by atoms with Gasteiger partial charge in [-0.25, -0.2) is 4.39 Å². The number of halogens is 2. The largest absolute Gasteiger partial charge is 0.493 e. The lowest BCUT2D eigenvalue weighted by atomic mass is 9.87. The minimum Gasteiger partial charge on any atom is -0.493 e. The maximum atomic E-state index is 13.9. The second-order valence-corrected chi connectivity index (χ2v) is 5.80. The summed E-state index contributed by atoms with van der Waals surface area (Å²) in [5.41, 5.74) is 2.03. The molecular formula is C17H16BrFO. The summed E-state index contributed by atoms with van der Waals surface area (Å²) in [5, 5.41) is 0.757. The van der Waals surface area contributed by atoms with Crippen molar-refractivity contribution in [3.05, 3.63) is 65.5 Å². The second-order valence-electron chi connectivity index (χ2n) is 5.15. The van der Waals surface area contributed by atoms with Crippen LogP contribution in [0.25, 0.3) is 0 Å². The molecule has 104 valence electrons. The van der Waals surface area contributed by atoms with E-state index in [1.165, 1.54) is 11.6 Å². The Morgan fingerprint density at radius 1 is 1.15 bits per heavy atom. The highest BCUT2D eigenvalue weighted by atomic mass is 79.9. The van der Waals surface area contributed by atoms with Crippen LogP contribution in [-0.2, 0) is 0 Å². The van der Waals surface area contributed by atoms with Crippen molar-refractivity contribution in [3.63, 3.8) is 0 Å². The fraction of sp³-hybridized carbons (Fsp3) is 0.294. The van der Waals surface area contributed by atoms with Gasteiger partial charge < -0.3 is 4.74 Å². The van der Waals surface area contributed by atoms with Gasteiger partial charge in [0.15, 0.2) is 0 Å². The molecule has 2 aromatic carbocycles. The van der Waals surface area contributed by atoms with E-state index in [-0.39, 0.29) is 11.7 Å². The lowest BCUT2D eigenvalue weighted by molar-refractivity contribution is 0.320. The smallest absolute Gasteiger partial charge is 0.126 e. The summed E-state index contributed by atoms with van der Waals surface area (Å²) in [7, 11) is 0. The quantitative estimate of drug-likeness (QED) is 0.725. The SMILES string of the molecule is Fc1ccccc1C(CBr)CC1COc2ccccc21. The van der Waals surface area contributed by atoms with Crippen molar-refractivity contribution in [2.24, 2.45) is 0 Å². The number of rotatable bonds is 4. The highest BCUT2D eigenvalue weighted by Gasteiger charge is 2.27. The van der Waals surface area contributed by atoms with Gasteiger partial charge in [0.05, 0.1) is 6.61 Å². The number of benzene rings is 2. The normalized spacial score (nSPS) is 18.4. The predicted molar refractivity (Wildman–Crippen MR) is 82.2 cm³/mol. The molecule has 0 N–H and O–H groups in total. The minimum atomic E-state index is -0.121. The van der Waals surface area contributed by atoms with Gasteiger partial charge in [-0.05, 0) is 30.0 Å². The molecule has 3 heteroatoms. The van der Waals surface area contributed by atoms with E-state index in [4.69, 9.17) is 4.74 Å². The molecule has 1 aliphatic rings. The minimum absolute atomic E-state index is 0.121. The Bertz CT molecular complexity index is 599. The summed E-state index contributed by atoms with van der Waals surface area (Å²) in [6.45, 7) is 0.692. The predicted octanol–water partition coefficient (Wildman–Crippen LogP) is 4.87. The number of hydrogen-bond acceptors (Lipinski definition) is 1. The Balaban J connectivity index is 1.82. The van der Waals surface area contributed by atoms with Crippen molar-refractivity contribution in [1.29, 1.82) is 0 Å². The van der Waals surface area contributed by atoms with Crippen molar-refractivity contribution in [1.82, 2.24) is 0 Å². The van der Waals surface area contributed by atoms with Gasteiger partial charge in [0, 0.05) is 16.8 Å². The van der Waals surface area contributed by atoms with Crippen LogP contribution in [0.3, 0.4) is 0 Å². The van der Waals surface area contributed by atoms with Gasteiger partial charge in [0.1, 0.15) is 11.6 Å². The van der Waals surface area contributed by atoms with Gasteiger partial charge in [0.25, 0.3) is 0 Å². The lowest BCUT2D eigenvalue weighted by Gasteiger charge is -2.19. The average Bonchev–Trinajstić information content (AvgIpc) is 2.89. The number of para-hydroxylation sites is 1. The summed E-state index contributed by atoms with van der Waals surface area (Å²) in [5.74, 6) is 1.35. The summed E-state index contributed by atoms with van der Waals surface area (Å²) in [6.07, 6.45) is 0.892. The highest BCUT2D eigenvalue weighted by molar-refractivity contribution is 9.09. The molecule has 1 aliphatic heterocycles. The van der Waals surface area contributed by atoms with Gasteiger partial charge in [-0.2, -0.15) is 0 Å². The van der Waals surface area contributed by atoms with E-state index >= 15 is 0 Å². The summed E-state index contributed by atoms with van der Waals surface area (Å²) >= 11 is 3.53. The summed E-state index contributed by atoms with van der Waals surface area (Å²) in [4.78, 5) is 0. The molecular weight excluding hydrogens is 319 g/mol. The Morgan fingerprint density at radius 2 is 1.90 bits per heavy atom. The molecule has 0 aromatic heterocycles. The van der Waals surface area contributed by atoms with Gasteiger partial charge in [-0.3, -0.25) is 0 Å². The molecule has 0 saturated heterocycles. The van der Waals surface area contributed by atoms with Crippen molar-refractivity contribution in [2.75, 3.05) is 11.9 Å². The Labute approximate surface area is 126 Å². The van der Waals surface area contributed by atoms with Crippen LogP contribution in [0.4, 0.5) is 4.39 Å². The molecule has 0 amide bonds. The highest BCUT2D eigenvalue weighted by Crippen LogP contribution is 2.40. The van der Waals surface area contributed by atoms with Crippen LogP contribution < -0.4 is 4.74 Å². The van der Waals surface area contributed by atoms with Gasteiger partial charge in [-0.1, -0.05) is 52.3 Å². The molecule has 1 nitrogen and oxygen atoms in total. The van der Waals surface area contributed by atoms with Crippen molar-refractivity contribution >= 4 is 15.9 Å². The second kappa shape index (κ2) is 5.96. The molecule has 0 bridgehead atoms. The van der Waals surface area contributed by atoms with Crippen LogP contribution in [0.5, 0.6) is 5.75 Å². The first kappa shape index (κ1) is 13.6. The van der Waals surface area contributed by atoms with E-state index in [1.54, 1.807) is 6.07 Å². The van der Waals surface area contributed by atoms with E-state index < -0.39 is 0 Å². The molecule has 0 saturated carbocycles. The van der Waals surface area contributed by atoms with Gasteiger partial charge in [0.2, 0.25) is 0 Å². The molecule has 1 heterocycles. The van der Waals surface area contributed by atoms with Gasteiger partial charge >= 0.3 is 0 Å². The standard InChI is InChI=1S/C17H16BrFO/c18-10-12(14-5-1-3-7-16(14)19)9-13-11-20-17-8-4-2-6-15(13)17/h1-8,12-13H,9-11H2. The zero-order valence-corrected chi connectivity index (χ0v) is 12.6. The summed E-state index contributed by atoms with van der Waals surface area (Å²) in [6, 6.07) is 15.2. The van der Waals surface area contributed by atoms with E-state index in [2.05, 4.69) is 22.0 Å². The zero-order chi connectivity index (χ0) is 13.9. The maximum Gasteiger partial charge on any atom is 0.126 e. The van der Waals surface area contributed by atoms with Crippen LogP contribution in [0.2, 0.25) is 0 Å². The van der Waals surface area contributed by atoms with Gasteiger partial charge in [-0.15, -0.1) is 0 Å². The number of ether oxygens (including phenoxy) is 1. The number of alkyl halides is 1. The van der Waals surface area contributed by atoms with E-state index in [0.717, 1.165) is 23.1 Å². The molecule has 0 spiro atoms. The van der Waals surface area contributed by atoms with Crippen LogP contribution in [0, 0.1) is 5.82 Å².